The predicted octanol–water partition coefficient (Wildman–Crippen LogP) is 3.95. The molecule has 1 unspecified atom stereocenters. The zero-order valence-corrected chi connectivity index (χ0v) is 11.0. The van der Waals surface area contributed by atoms with Crippen molar-refractivity contribution in [3.8, 4) is 0 Å². The van der Waals surface area contributed by atoms with Crippen molar-refractivity contribution >= 4 is 0 Å². The Kier molecular flexibility index (Phi) is 4.39. The molecule has 0 amide bonds. The first kappa shape index (κ1) is 14.5. The summed E-state index contributed by atoms with van der Waals surface area (Å²) >= 11 is 0. The van der Waals surface area contributed by atoms with Crippen LogP contribution in [0.25, 0.3) is 0 Å². The van der Waals surface area contributed by atoms with E-state index in [1.807, 2.05) is 19.1 Å². The summed E-state index contributed by atoms with van der Waals surface area (Å²) in [6.45, 7) is 2.34. The Labute approximate surface area is 115 Å². The second-order valence-electron chi connectivity index (χ2n) is 4.58. The fourth-order valence-corrected chi connectivity index (χ4v) is 1.90. The van der Waals surface area contributed by atoms with Crippen LogP contribution in [0, 0.1) is 0 Å². The van der Waals surface area contributed by atoms with Crippen molar-refractivity contribution in [2.24, 2.45) is 0 Å². The van der Waals surface area contributed by atoms with Gasteiger partial charge < -0.3 is 5.32 Å². The highest BCUT2D eigenvalue weighted by Crippen LogP contribution is 2.29. The zero-order valence-electron chi connectivity index (χ0n) is 11.0. The summed E-state index contributed by atoms with van der Waals surface area (Å²) in [5.74, 6) is 0. The molecule has 0 fully saturated rings. The van der Waals surface area contributed by atoms with Crippen molar-refractivity contribution in [1.82, 2.24) is 10.3 Å². The van der Waals surface area contributed by atoms with Gasteiger partial charge in [-0.05, 0) is 36.2 Å². The maximum absolute atomic E-state index is 12.6. The van der Waals surface area contributed by atoms with E-state index in [-0.39, 0.29) is 6.04 Å². The SMILES string of the molecule is CC(NCc1cccc(C(F)(F)F)c1)c1ccncc1. The molecular formula is C15H15F3N2. The van der Waals surface area contributed by atoms with Crippen molar-refractivity contribution in [2.75, 3.05) is 0 Å². The molecule has 0 saturated heterocycles. The molecule has 0 saturated carbocycles. The van der Waals surface area contributed by atoms with E-state index in [9.17, 15) is 13.2 Å². The van der Waals surface area contributed by atoms with Crippen molar-refractivity contribution in [2.45, 2.75) is 25.7 Å². The largest absolute Gasteiger partial charge is 0.416 e. The molecule has 2 rings (SSSR count). The molecule has 0 aliphatic heterocycles. The van der Waals surface area contributed by atoms with Gasteiger partial charge in [-0.15, -0.1) is 0 Å². The third-order valence-electron chi connectivity index (χ3n) is 3.07. The molecule has 0 bridgehead atoms. The maximum atomic E-state index is 12.6. The first-order chi connectivity index (χ1) is 9.47. The fourth-order valence-electron chi connectivity index (χ4n) is 1.90. The van der Waals surface area contributed by atoms with Crippen molar-refractivity contribution in [3.63, 3.8) is 0 Å². The number of alkyl halides is 3. The molecule has 2 nitrogen and oxygen atoms in total. The van der Waals surface area contributed by atoms with Crippen LogP contribution in [0.5, 0.6) is 0 Å². The Hall–Kier alpha value is -1.88. The monoisotopic (exact) mass is 280 g/mol. The Morgan fingerprint density at radius 3 is 2.50 bits per heavy atom. The first-order valence-corrected chi connectivity index (χ1v) is 6.26. The summed E-state index contributed by atoms with van der Waals surface area (Å²) in [4.78, 5) is 3.93. The van der Waals surface area contributed by atoms with Crippen LogP contribution >= 0.6 is 0 Å². The van der Waals surface area contributed by atoms with Gasteiger partial charge in [-0.25, -0.2) is 0 Å². The minimum Gasteiger partial charge on any atom is -0.306 e. The molecule has 0 spiro atoms. The van der Waals surface area contributed by atoms with Gasteiger partial charge in [-0.1, -0.05) is 18.2 Å². The number of halogens is 3. The average Bonchev–Trinajstić information content (AvgIpc) is 2.45. The predicted molar refractivity (Wildman–Crippen MR) is 70.9 cm³/mol. The molecule has 0 aliphatic carbocycles. The van der Waals surface area contributed by atoms with Crippen LogP contribution in [0.2, 0.25) is 0 Å². The van der Waals surface area contributed by atoms with Crippen LogP contribution in [-0.2, 0) is 12.7 Å². The van der Waals surface area contributed by atoms with Gasteiger partial charge in [0.05, 0.1) is 5.56 Å². The van der Waals surface area contributed by atoms with Crippen molar-refractivity contribution in [3.05, 3.63) is 65.5 Å². The van der Waals surface area contributed by atoms with Crippen LogP contribution in [-0.4, -0.2) is 4.98 Å². The zero-order chi connectivity index (χ0) is 14.6. The molecule has 1 aromatic carbocycles. The number of benzene rings is 1. The highest BCUT2D eigenvalue weighted by Gasteiger charge is 2.30. The molecule has 20 heavy (non-hydrogen) atoms. The van der Waals surface area contributed by atoms with Gasteiger partial charge in [-0.3, -0.25) is 4.98 Å². The van der Waals surface area contributed by atoms with Gasteiger partial charge in [0.2, 0.25) is 0 Å². The summed E-state index contributed by atoms with van der Waals surface area (Å²) in [5.41, 5.74) is 1.04. The van der Waals surface area contributed by atoms with Gasteiger partial charge in [-0.2, -0.15) is 13.2 Å². The smallest absolute Gasteiger partial charge is 0.306 e. The summed E-state index contributed by atoms with van der Waals surface area (Å²) in [5, 5.41) is 3.20. The van der Waals surface area contributed by atoms with Gasteiger partial charge >= 0.3 is 6.18 Å². The van der Waals surface area contributed by atoms with Crippen LogP contribution in [0.1, 0.15) is 29.7 Å². The molecule has 0 radical (unpaired) electrons. The molecule has 5 heteroatoms. The summed E-state index contributed by atoms with van der Waals surface area (Å²) < 4.78 is 37.8. The maximum Gasteiger partial charge on any atom is 0.416 e. The van der Waals surface area contributed by atoms with Crippen LogP contribution in [0.15, 0.2) is 48.8 Å². The Morgan fingerprint density at radius 1 is 1.15 bits per heavy atom. The van der Waals surface area contributed by atoms with Crippen LogP contribution in [0.4, 0.5) is 13.2 Å². The second-order valence-corrected chi connectivity index (χ2v) is 4.58. The Balaban J connectivity index is 2.01. The van der Waals surface area contributed by atoms with Crippen molar-refractivity contribution < 1.29 is 13.2 Å². The molecular weight excluding hydrogens is 265 g/mol. The van der Waals surface area contributed by atoms with E-state index in [0.717, 1.165) is 11.6 Å². The number of aromatic nitrogens is 1. The number of hydrogen-bond acceptors (Lipinski definition) is 2. The normalized spacial score (nSPS) is 13.2. The van der Waals surface area contributed by atoms with Crippen LogP contribution < -0.4 is 5.32 Å². The molecule has 106 valence electrons. The van der Waals surface area contributed by atoms with Gasteiger partial charge in [0, 0.05) is 25.0 Å². The molecule has 2 aromatic rings. The van der Waals surface area contributed by atoms with E-state index < -0.39 is 11.7 Å². The molecule has 1 aromatic heterocycles. The lowest BCUT2D eigenvalue weighted by atomic mass is 10.1. The highest BCUT2D eigenvalue weighted by molar-refractivity contribution is 5.26. The van der Waals surface area contributed by atoms with E-state index >= 15 is 0 Å². The Morgan fingerprint density at radius 2 is 1.85 bits per heavy atom. The topological polar surface area (TPSA) is 24.9 Å². The number of rotatable bonds is 4. The van der Waals surface area contributed by atoms with E-state index in [1.165, 1.54) is 12.1 Å². The Bertz CT molecular complexity index is 553. The second kappa shape index (κ2) is 6.05. The summed E-state index contributed by atoms with van der Waals surface area (Å²) in [7, 11) is 0. The average molecular weight is 280 g/mol. The van der Waals surface area contributed by atoms with Crippen molar-refractivity contribution in [1.29, 1.82) is 0 Å². The van der Waals surface area contributed by atoms with Gasteiger partial charge in [0.15, 0.2) is 0 Å². The number of nitrogens with one attached hydrogen (secondary N) is 1. The fraction of sp³-hybridized carbons (Fsp3) is 0.267. The summed E-state index contributed by atoms with van der Waals surface area (Å²) in [6, 6.07) is 9.17. The van der Waals surface area contributed by atoms with Crippen LogP contribution in [0.3, 0.4) is 0 Å². The minimum atomic E-state index is -4.30. The molecule has 1 N–H and O–H groups in total. The first-order valence-electron chi connectivity index (χ1n) is 6.26. The highest BCUT2D eigenvalue weighted by atomic mass is 19.4. The third kappa shape index (κ3) is 3.81. The molecule has 0 aliphatic rings. The minimum absolute atomic E-state index is 0.0487. The number of hydrogen-bond donors (Lipinski definition) is 1. The van der Waals surface area contributed by atoms with Gasteiger partial charge in [0.1, 0.15) is 0 Å². The van der Waals surface area contributed by atoms with E-state index in [2.05, 4.69) is 10.3 Å². The third-order valence-corrected chi connectivity index (χ3v) is 3.07. The molecule has 1 atom stereocenters. The van der Waals surface area contributed by atoms with E-state index in [4.69, 9.17) is 0 Å². The lowest BCUT2D eigenvalue weighted by Crippen LogP contribution is -2.18. The standard InChI is InChI=1S/C15H15F3N2/c1-11(13-5-7-19-8-6-13)20-10-12-3-2-4-14(9-12)15(16,17)18/h2-9,11,20H,10H2,1H3. The molecule has 1 heterocycles. The number of pyridine rings is 1. The van der Waals surface area contributed by atoms with E-state index in [1.54, 1.807) is 18.5 Å². The van der Waals surface area contributed by atoms with E-state index in [0.29, 0.717) is 12.1 Å². The quantitative estimate of drug-likeness (QED) is 0.917. The number of nitrogens with zero attached hydrogens (tertiary/aromatic N) is 1. The lowest BCUT2D eigenvalue weighted by molar-refractivity contribution is -0.137. The summed E-state index contributed by atoms with van der Waals surface area (Å²) in [6.07, 6.45) is -0.914. The van der Waals surface area contributed by atoms with Gasteiger partial charge in [0.25, 0.3) is 0 Å². The lowest BCUT2D eigenvalue weighted by Gasteiger charge is -2.15.